The van der Waals surface area contributed by atoms with E-state index in [9.17, 15) is 4.79 Å². The van der Waals surface area contributed by atoms with Crippen LogP contribution in [0.15, 0.2) is 71.1 Å². The first-order chi connectivity index (χ1) is 12.6. The molecule has 0 aliphatic carbocycles. The van der Waals surface area contributed by atoms with Crippen LogP contribution < -0.4 is 5.32 Å². The first-order valence-electron chi connectivity index (χ1n) is 8.14. The van der Waals surface area contributed by atoms with Crippen molar-refractivity contribution in [3.63, 3.8) is 0 Å². The highest BCUT2D eigenvalue weighted by atomic mass is 35.5. The molecule has 0 saturated heterocycles. The van der Waals surface area contributed by atoms with E-state index in [0.29, 0.717) is 27.7 Å². The molecule has 0 aliphatic heterocycles. The second kappa shape index (κ2) is 6.65. The zero-order valence-corrected chi connectivity index (χ0v) is 14.7. The lowest BCUT2D eigenvalue weighted by Gasteiger charge is -2.05. The molecule has 1 heterocycles. The van der Waals surface area contributed by atoms with E-state index in [-0.39, 0.29) is 5.91 Å². The minimum Gasteiger partial charge on any atom is -0.436 e. The molecule has 4 rings (SSSR count). The largest absolute Gasteiger partial charge is 0.436 e. The summed E-state index contributed by atoms with van der Waals surface area (Å²) in [6.07, 6.45) is 0. The van der Waals surface area contributed by atoms with E-state index in [1.54, 1.807) is 36.4 Å². The molecule has 0 unspecified atom stereocenters. The SMILES string of the molecule is Cc1ccccc1-c1nc2ccc(NC(=O)c3cccc(Cl)c3)cc2o1. The molecule has 5 heteroatoms. The number of rotatable bonds is 3. The summed E-state index contributed by atoms with van der Waals surface area (Å²) >= 11 is 5.94. The second-order valence-electron chi connectivity index (χ2n) is 5.98. The number of hydrogen-bond acceptors (Lipinski definition) is 3. The Kier molecular flexibility index (Phi) is 4.19. The lowest BCUT2D eigenvalue weighted by molar-refractivity contribution is 0.102. The number of benzene rings is 3. The van der Waals surface area contributed by atoms with E-state index in [1.807, 2.05) is 37.3 Å². The lowest BCUT2D eigenvalue weighted by Crippen LogP contribution is -2.11. The highest BCUT2D eigenvalue weighted by Crippen LogP contribution is 2.28. The van der Waals surface area contributed by atoms with Crippen LogP contribution in [0.25, 0.3) is 22.6 Å². The number of carbonyl (C=O) groups is 1. The third-order valence-electron chi connectivity index (χ3n) is 4.11. The minimum atomic E-state index is -0.231. The summed E-state index contributed by atoms with van der Waals surface area (Å²) in [5, 5.41) is 3.37. The number of fused-ring (bicyclic) bond motifs is 1. The number of amides is 1. The number of hydrogen-bond donors (Lipinski definition) is 1. The quantitative estimate of drug-likeness (QED) is 0.508. The molecule has 0 aliphatic rings. The van der Waals surface area contributed by atoms with Gasteiger partial charge >= 0.3 is 0 Å². The van der Waals surface area contributed by atoms with E-state index in [0.717, 1.165) is 16.6 Å². The van der Waals surface area contributed by atoms with Gasteiger partial charge in [0.15, 0.2) is 5.58 Å². The maximum atomic E-state index is 12.4. The summed E-state index contributed by atoms with van der Waals surface area (Å²) in [7, 11) is 0. The molecular formula is C21H15ClN2O2. The fraction of sp³-hybridized carbons (Fsp3) is 0.0476. The average Bonchev–Trinajstić information content (AvgIpc) is 3.05. The predicted molar refractivity (Wildman–Crippen MR) is 104 cm³/mol. The topological polar surface area (TPSA) is 55.1 Å². The van der Waals surface area contributed by atoms with Crippen LogP contribution >= 0.6 is 11.6 Å². The molecule has 4 aromatic rings. The number of aryl methyl sites for hydroxylation is 1. The number of anilines is 1. The molecule has 3 aromatic carbocycles. The van der Waals surface area contributed by atoms with Crippen LogP contribution in [0.1, 0.15) is 15.9 Å². The fourth-order valence-electron chi connectivity index (χ4n) is 2.76. The summed E-state index contributed by atoms with van der Waals surface area (Å²) in [5.41, 5.74) is 4.53. The molecule has 4 nitrogen and oxygen atoms in total. The Hall–Kier alpha value is -3.11. The number of halogens is 1. The van der Waals surface area contributed by atoms with E-state index in [1.165, 1.54) is 0 Å². The van der Waals surface area contributed by atoms with Gasteiger partial charge in [0, 0.05) is 27.9 Å². The monoisotopic (exact) mass is 362 g/mol. The highest BCUT2D eigenvalue weighted by molar-refractivity contribution is 6.31. The summed E-state index contributed by atoms with van der Waals surface area (Å²) in [4.78, 5) is 16.9. The third kappa shape index (κ3) is 3.19. The van der Waals surface area contributed by atoms with Crippen molar-refractivity contribution in [1.82, 2.24) is 4.98 Å². The van der Waals surface area contributed by atoms with Crippen LogP contribution in [0, 0.1) is 6.92 Å². The van der Waals surface area contributed by atoms with Crippen LogP contribution in [0.3, 0.4) is 0 Å². The molecule has 1 N–H and O–H groups in total. The Labute approximate surface area is 155 Å². The molecule has 0 radical (unpaired) electrons. The molecule has 128 valence electrons. The zero-order valence-electron chi connectivity index (χ0n) is 14.0. The third-order valence-corrected chi connectivity index (χ3v) is 4.34. The van der Waals surface area contributed by atoms with Crippen molar-refractivity contribution < 1.29 is 9.21 Å². The van der Waals surface area contributed by atoms with Crippen molar-refractivity contribution >= 4 is 34.3 Å². The molecule has 0 saturated carbocycles. The summed E-state index contributed by atoms with van der Waals surface area (Å²) < 4.78 is 5.90. The number of aromatic nitrogens is 1. The van der Waals surface area contributed by atoms with Crippen molar-refractivity contribution in [3.05, 3.63) is 82.9 Å². The van der Waals surface area contributed by atoms with Gasteiger partial charge < -0.3 is 9.73 Å². The van der Waals surface area contributed by atoms with Crippen LogP contribution in [-0.2, 0) is 0 Å². The number of nitrogens with one attached hydrogen (secondary N) is 1. The first-order valence-corrected chi connectivity index (χ1v) is 8.51. The Morgan fingerprint density at radius 2 is 1.88 bits per heavy atom. The van der Waals surface area contributed by atoms with Crippen molar-refractivity contribution in [3.8, 4) is 11.5 Å². The average molecular weight is 363 g/mol. The molecule has 1 amide bonds. The molecule has 0 atom stereocenters. The summed E-state index contributed by atoms with van der Waals surface area (Å²) in [6.45, 7) is 2.01. The molecule has 0 bridgehead atoms. The van der Waals surface area contributed by atoms with E-state index >= 15 is 0 Å². The van der Waals surface area contributed by atoms with Crippen molar-refractivity contribution in [2.75, 3.05) is 5.32 Å². The molecule has 0 spiro atoms. The Morgan fingerprint density at radius 3 is 2.69 bits per heavy atom. The minimum absolute atomic E-state index is 0.231. The van der Waals surface area contributed by atoms with E-state index < -0.39 is 0 Å². The molecule has 26 heavy (non-hydrogen) atoms. The van der Waals surface area contributed by atoms with Gasteiger partial charge in [-0.25, -0.2) is 4.98 Å². The standard InChI is InChI=1S/C21H15ClN2O2/c1-13-5-2-3-8-17(13)21-24-18-10-9-16(12-19(18)26-21)23-20(25)14-6-4-7-15(22)11-14/h2-12H,1H3,(H,23,25). The van der Waals surface area contributed by atoms with Gasteiger partial charge in [0.25, 0.3) is 5.91 Å². The Bertz CT molecular complexity index is 1120. The van der Waals surface area contributed by atoms with Crippen molar-refractivity contribution in [2.24, 2.45) is 0 Å². The number of carbonyl (C=O) groups excluding carboxylic acids is 1. The van der Waals surface area contributed by atoms with Crippen molar-refractivity contribution in [1.29, 1.82) is 0 Å². The molecule has 1 aromatic heterocycles. The van der Waals surface area contributed by atoms with Gasteiger partial charge in [-0.15, -0.1) is 0 Å². The Morgan fingerprint density at radius 1 is 1.04 bits per heavy atom. The van der Waals surface area contributed by atoms with Gasteiger partial charge in [-0.05, 0) is 48.9 Å². The normalized spacial score (nSPS) is 10.8. The lowest BCUT2D eigenvalue weighted by atomic mass is 10.1. The Balaban J connectivity index is 1.64. The van der Waals surface area contributed by atoms with Gasteiger partial charge in [0.1, 0.15) is 5.52 Å². The van der Waals surface area contributed by atoms with Crippen molar-refractivity contribution in [2.45, 2.75) is 6.92 Å². The number of oxazole rings is 1. The van der Waals surface area contributed by atoms with Crippen LogP contribution in [0.5, 0.6) is 0 Å². The van der Waals surface area contributed by atoms with Crippen LogP contribution in [0.2, 0.25) is 5.02 Å². The van der Waals surface area contributed by atoms with Gasteiger partial charge in [-0.2, -0.15) is 0 Å². The highest BCUT2D eigenvalue weighted by Gasteiger charge is 2.12. The van der Waals surface area contributed by atoms with E-state index in [2.05, 4.69) is 10.3 Å². The molecule has 0 fully saturated rings. The predicted octanol–water partition coefficient (Wildman–Crippen LogP) is 5.71. The maximum absolute atomic E-state index is 12.4. The summed E-state index contributed by atoms with van der Waals surface area (Å²) in [6, 6.07) is 20.1. The van der Waals surface area contributed by atoms with Gasteiger partial charge in [-0.3, -0.25) is 4.79 Å². The maximum Gasteiger partial charge on any atom is 0.255 e. The zero-order chi connectivity index (χ0) is 18.1. The number of nitrogens with zero attached hydrogens (tertiary/aromatic N) is 1. The van der Waals surface area contributed by atoms with Crippen LogP contribution in [0.4, 0.5) is 5.69 Å². The summed E-state index contributed by atoms with van der Waals surface area (Å²) in [5.74, 6) is 0.335. The van der Waals surface area contributed by atoms with Gasteiger partial charge in [0.2, 0.25) is 5.89 Å². The first kappa shape index (κ1) is 16.4. The van der Waals surface area contributed by atoms with Crippen LogP contribution in [-0.4, -0.2) is 10.9 Å². The smallest absolute Gasteiger partial charge is 0.255 e. The van der Waals surface area contributed by atoms with Gasteiger partial charge in [-0.1, -0.05) is 35.9 Å². The fourth-order valence-corrected chi connectivity index (χ4v) is 2.95. The van der Waals surface area contributed by atoms with E-state index in [4.69, 9.17) is 16.0 Å². The molecular weight excluding hydrogens is 348 g/mol. The second-order valence-corrected chi connectivity index (χ2v) is 6.42. The van der Waals surface area contributed by atoms with Gasteiger partial charge in [0.05, 0.1) is 0 Å².